The average molecular weight is 252 g/mol. The van der Waals surface area contributed by atoms with Gasteiger partial charge in [0, 0.05) is 25.8 Å². The Kier molecular flexibility index (Phi) is 3.93. The molecule has 2 atom stereocenters. The van der Waals surface area contributed by atoms with E-state index in [2.05, 4.69) is 10.6 Å². The largest absolute Gasteiger partial charge is 0.378 e. The van der Waals surface area contributed by atoms with Crippen molar-refractivity contribution in [1.82, 2.24) is 10.6 Å². The lowest BCUT2D eigenvalue weighted by Crippen LogP contribution is -2.43. The molecular weight excluding hydrogens is 235 g/mol. The van der Waals surface area contributed by atoms with Crippen molar-refractivity contribution in [3.8, 4) is 0 Å². The van der Waals surface area contributed by atoms with Gasteiger partial charge in [-0.1, -0.05) is 0 Å². The van der Waals surface area contributed by atoms with Crippen LogP contribution in [0.3, 0.4) is 0 Å². The molecule has 1 fully saturated rings. The first-order valence-corrected chi connectivity index (χ1v) is 5.92. The molecule has 5 heteroatoms. The molecule has 1 aliphatic heterocycles. The van der Waals surface area contributed by atoms with Gasteiger partial charge in [0.25, 0.3) is 5.91 Å². The minimum atomic E-state index is -0.332. The fourth-order valence-corrected chi connectivity index (χ4v) is 2.17. The molecule has 1 aromatic carbocycles. The topological polar surface area (TPSA) is 50.4 Å². The summed E-state index contributed by atoms with van der Waals surface area (Å²) in [6.07, 6.45) is -0.0188. The lowest BCUT2D eigenvalue weighted by molar-refractivity contribution is 0.0779. The minimum absolute atomic E-state index is 0.0188. The molecule has 0 spiro atoms. The number of amides is 1. The Balaban J connectivity index is 2.07. The van der Waals surface area contributed by atoms with Crippen molar-refractivity contribution >= 4 is 5.91 Å². The number of rotatable bonds is 3. The van der Waals surface area contributed by atoms with Crippen molar-refractivity contribution in [3.63, 3.8) is 0 Å². The number of halogens is 1. The van der Waals surface area contributed by atoms with Gasteiger partial charge in [-0.25, -0.2) is 4.39 Å². The molecule has 0 aromatic heterocycles. The van der Waals surface area contributed by atoms with Crippen LogP contribution < -0.4 is 10.6 Å². The smallest absolute Gasteiger partial charge is 0.251 e. The molecule has 0 unspecified atom stereocenters. The molecule has 1 aliphatic rings. The average Bonchev–Trinajstić information content (AvgIpc) is 2.76. The first kappa shape index (κ1) is 13.0. The minimum Gasteiger partial charge on any atom is -0.378 e. The van der Waals surface area contributed by atoms with Crippen LogP contribution in [0, 0.1) is 12.7 Å². The Labute approximate surface area is 106 Å². The van der Waals surface area contributed by atoms with Crippen LogP contribution in [0.25, 0.3) is 0 Å². The molecular formula is C13H17FN2O2. The Bertz CT molecular complexity index is 451. The van der Waals surface area contributed by atoms with E-state index in [1.807, 2.05) is 0 Å². The zero-order chi connectivity index (χ0) is 13.1. The second kappa shape index (κ2) is 5.46. The number of carbonyl (C=O) groups is 1. The van der Waals surface area contributed by atoms with Gasteiger partial charge in [0.15, 0.2) is 0 Å². The Hall–Kier alpha value is -1.46. The predicted molar refractivity (Wildman–Crippen MR) is 66.1 cm³/mol. The molecule has 2 N–H and O–H groups in total. The van der Waals surface area contributed by atoms with E-state index in [9.17, 15) is 9.18 Å². The molecule has 0 aliphatic carbocycles. The number of methoxy groups -OCH3 is 1. The van der Waals surface area contributed by atoms with Crippen molar-refractivity contribution < 1.29 is 13.9 Å². The van der Waals surface area contributed by atoms with Gasteiger partial charge >= 0.3 is 0 Å². The molecule has 1 aromatic rings. The molecule has 18 heavy (non-hydrogen) atoms. The zero-order valence-corrected chi connectivity index (χ0v) is 10.5. The maximum absolute atomic E-state index is 13.0. The summed E-state index contributed by atoms with van der Waals surface area (Å²) in [5, 5.41) is 6.06. The molecule has 4 nitrogen and oxygen atoms in total. The highest BCUT2D eigenvalue weighted by Crippen LogP contribution is 2.11. The van der Waals surface area contributed by atoms with Gasteiger partial charge < -0.3 is 15.4 Å². The first-order valence-electron chi connectivity index (χ1n) is 5.92. The lowest BCUT2D eigenvalue weighted by Gasteiger charge is -2.19. The van der Waals surface area contributed by atoms with Gasteiger partial charge in [-0.2, -0.15) is 0 Å². The summed E-state index contributed by atoms with van der Waals surface area (Å²) < 4.78 is 18.2. The lowest BCUT2D eigenvalue weighted by atomic mass is 10.1. The maximum Gasteiger partial charge on any atom is 0.251 e. The van der Waals surface area contributed by atoms with Gasteiger partial charge in [0.2, 0.25) is 0 Å². The van der Waals surface area contributed by atoms with Crippen molar-refractivity contribution in [2.75, 3.05) is 20.2 Å². The normalized spacial score (nSPS) is 23.1. The van der Waals surface area contributed by atoms with E-state index in [0.29, 0.717) is 17.7 Å². The summed E-state index contributed by atoms with van der Waals surface area (Å²) in [6.45, 7) is 3.13. The molecule has 1 saturated heterocycles. The third kappa shape index (κ3) is 2.68. The van der Waals surface area contributed by atoms with Gasteiger partial charge in [-0.15, -0.1) is 0 Å². The van der Waals surface area contributed by atoms with E-state index < -0.39 is 0 Å². The molecule has 0 saturated carbocycles. The highest BCUT2D eigenvalue weighted by atomic mass is 19.1. The fourth-order valence-electron chi connectivity index (χ4n) is 2.17. The molecule has 0 bridgehead atoms. The second-order valence-electron chi connectivity index (χ2n) is 4.47. The number of benzene rings is 1. The van der Waals surface area contributed by atoms with Crippen LogP contribution in [0.5, 0.6) is 0 Å². The highest BCUT2D eigenvalue weighted by Gasteiger charge is 2.28. The monoisotopic (exact) mass is 252 g/mol. The first-order chi connectivity index (χ1) is 8.61. The van der Waals surface area contributed by atoms with Crippen molar-refractivity contribution in [2.45, 2.75) is 19.1 Å². The fraction of sp³-hybridized carbons (Fsp3) is 0.462. The summed E-state index contributed by atoms with van der Waals surface area (Å²) in [7, 11) is 1.62. The molecule has 2 rings (SSSR count). The summed E-state index contributed by atoms with van der Waals surface area (Å²) in [5.74, 6) is -0.524. The van der Waals surface area contributed by atoms with Crippen LogP contribution in [-0.4, -0.2) is 38.3 Å². The number of ether oxygens (including phenoxy) is 1. The summed E-state index contributed by atoms with van der Waals surface area (Å²) >= 11 is 0. The third-order valence-corrected chi connectivity index (χ3v) is 3.21. The number of hydrogen-bond donors (Lipinski definition) is 2. The van der Waals surface area contributed by atoms with Crippen LogP contribution in [0.4, 0.5) is 4.39 Å². The highest BCUT2D eigenvalue weighted by molar-refractivity contribution is 5.95. The van der Waals surface area contributed by atoms with Gasteiger partial charge in [-0.3, -0.25) is 4.79 Å². The molecule has 1 heterocycles. The standard InChI is InChI=1S/C13H17FN2O2/c1-8-5-9(14)3-4-10(8)13(17)16-11-6-15-7-12(11)18-2/h3-5,11-12,15H,6-7H2,1-2H3,(H,16,17)/t11-,12-/m0/s1. The van der Waals surface area contributed by atoms with Crippen LogP contribution in [-0.2, 0) is 4.74 Å². The van der Waals surface area contributed by atoms with Crippen LogP contribution in [0.15, 0.2) is 18.2 Å². The molecule has 0 radical (unpaired) electrons. The SMILES string of the molecule is CO[C@H]1CNC[C@@H]1NC(=O)c1ccc(F)cc1C. The van der Waals surface area contributed by atoms with Crippen molar-refractivity contribution in [3.05, 3.63) is 35.1 Å². The Morgan fingerprint density at radius 2 is 2.28 bits per heavy atom. The molecule has 1 amide bonds. The van der Waals surface area contributed by atoms with Gasteiger partial charge in [-0.05, 0) is 30.7 Å². The second-order valence-corrected chi connectivity index (χ2v) is 4.47. The summed E-state index contributed by atoms with van der Waals surface area (Å²) in [5.41, 5.74) is 1.13. The zero-order valence-electron chi connectivity index (χ0n) is 10.5. The van der Waals surface area contributed by atoms with Crippen molar-refractivity contribution in [2.24, 2.45) is 0 Å². The van der Waals surface area contributed by atoms with E-state index in [1.54, 1.807) is 14.0 Å². The van der Waals surface area contributed by atoms with Crippen LogP contribution >= 0.6 is 0 Å². The van der Waals surface area contributed by atoms with E-state index >= 15 is 0 Å². The number of carbonyl (C=O) groups excluding carboxylic acids is 1. The van der Waals surface area contributed by atoms with Gasteiger partial charge in [0.1, 0.15) is 5.82 Å². The van der Waals surface area contributed by atoms with E-state index in [-0.39, 0.29) is 23.9 Å². The third-order valence-electron chi connectivity index (χ3n) is 3.21. The van der Waals surface area contributed by atoms with Gasteiger partial charge in [0.05, 0.1) is 12.1 Å². The van der Waals surface area contributed by atoms with E-state index in [4.69, 9.17) is 4.74 Å². The molecule has 98 valence electrons. The van der Waals surface area contributed by atoms with E-state index in [1.165, 1.54) is 18.2 Å². The van der Waals surface area contributed by atoms with Crippen molar-refractivity contribution in [1.29, 1.82) is 0 Å². The van der Waals surface area contributed by atoms with Crippen LogP contribution in [0.2, 0.25) is 0 Å². The van der Waals surface area contributed by atoms with Crippen LogP contribution in [0.1, 0.15) is 15.9 Å². The number of nitrogens with one attached hydrogen (secondary N) is 2. The number of aryl methyl sites for hydroxylation is 1. The Morgan fingerprint density at radius 3 is 2.94 bits per heavy atom. The quantitative estimate of drug-likeness (QED) is 0.838. The Morgan fingerprint density at radius 1 is 1.50 bits per heavy atom. The number of hydrogen-bond acceptors (Lipinski definition) is 3. The summed E-state index contributed by atoms with van der Waals surface area (Å²) in [4.78, 5) is 12.1. The predicted octanol–water partition coefficient (Wildman–Crippen LogP) is 0.851. The maximum atomic E-state index is 13.0. The van der Waals surface area contributed by atoms with E-state index in [0.717, 1.165) is 6.54 Å². The summed E-state index contributed by atoms with van der Waals surface area (Å²) in [6, 6.07) is 4.11.